The first-order valence-electron chi connectivity index (χ1n) is 8.81. The Bertz CT molecular complexity index is 974. The number of aromatic nitrogens is 1. The van der Waals surface area contributed by atoms with Crippen LogP contribution < -0.4 is 15.6 Å². The predicted octanol–water partition coefficient (Wildman–Crippen LogP) is 3.47. The van der Waals surface area contributed by atoms with Crippen molar-refractivity contribution in [2.24, 2.45) is 0 Å². The van der Waals surface area contributed by atoms with E-state index in [9.17, 15) is 9.59 Å². The van der Waals surface area contributed by atoms with E-state index >= 15 is 0 Å². The van der Waals surface area contributed by atoms with Crippen LogP contribution in [-0.2, 0) is 0 Å². The largest absolute Gasteiger partial charge is 0.492 e. The first-order valence-corrected chi connectivity index (χ1v) is 8.81. The number of aryl methyl sites for hydroxylation is 2. The van der Waals surface area contributed by atoms with Gasteiger partial charge in [-0.2, -0.15) is 0 Å². The quantitative estimate of drug-likeness (QED) is 0.660. The summed E-state index contributed by atoms with van der Waals surface area (Å²) in [6.45, 7) is 4.65. The molecule has 0 radical (unpaired) electrons. The van der Waals surface area contributed by atoms with Crippen molar-refractivity contribution in [3.05, 3.63) is 87.7 Å². The molecule has 2 aromatic carbocycles. The fourth-order valence-corrected chi connectivity index (χ4v) is 2.88. The molecular formula is C22H22N2O3. The van der Waals surface area contributed by atoms with Gasteiger partial charge in [0.25, 0.3) is 11.5 Å². The summed E-state index contributed by atoms with van der Waals surface area (Å²) in [6, 6.07) is 18.7. The number of rotatable bonds is 6. The molecule has 0 atom stereocenters. The molecule has 1 aromatic heterocycles. The summed E-state index contributed by atoms with van der Waals surface area (Å²) in [5.41, 5.74) is 3.49. The van der Waals surface area contributed by atoms with Crippen molar-refractivity contribution in [3.8, 4) is 17.0 Å². The standard InChI is InChI=1S/C22H22N2O3/c1-15-12-16(2)14-18(13-15)27-11-10-23-21(25)19-8-9-20(24-22(19)26)17-6-4-3-5-7-17/h3-9,12-14H,10-11H2,1-2H3,(H,23,25)(H,24,26). The number of benzene rings is 2. The third-order valence-electron chi connectivity index (χ3n) is 4.09. The van der Waals surface area contributed by atoms with Gasteiger partial charge >= 0.3 is 0 Å². The minimum atomic E-state index is -0.417. The molecule has 0 fully saturated rings. The Kier molecular flexibility index (Phi) is 5.71. The molecular weight excluding hydrogens is 340 g/mol. The SMILES string of the molecule is Cc1cc(C)cc(OCCNC(=O)c2ccc(-c3ccccc3)[nH]c2=O)c1. The van der Waals surface area contributed by atoms with E-state index in [1.807, 2.05) is 56.3 Å². The van der Waals surface area contributed by atoms with Crippen LogP contribution in [0.3, 0.4) is 0 Å². The monoisotopic (exact) mass is 362 g/mol. The first kappa shape index (κ1) is 18.5. The summed E-state index contributed by atoms with van der Waals surface area (Å²) in [7, 11) is 0. The minimum absolute atomic E-state index is 0.0843. The smallest absolute Gasteiger partial charge is 0.261 e. The average Bonchev–Trinajstić information content (AvgIpc) is 2.65. The second-order valence-electron chi connectivity index (χ2n) is 6.41. The van der Waals surface area contributed by atoms with Crippen molar-refractivity contribution in [1.29, 1.82) is 0 Å². The fourth-order valence-electron chi connectivity index (χ4n) is 2.88. The molecule has 0 aliphatic rings. The zero-order valence-corrected chi connectivity index (χ0v) is 15.4. The van der Waals surface area contributed by atoms with Crippen LogP contribution in [0.4, 0.5) is 0 Å². The number of amides is 1. The third-order valence-corrected chi connectivity index (χ3v) is 4.09. The van der Waals surface area contributed by atoms with E-state index in [0.29, 0.717) is 18.8 Å². The molecule has 0 saturated heterocycles. The highest BCUT2D eigenvalue weighted by molar-refractivity contribution is 5.94. The molecule has 0 bridgehead atoms. The summed E-state index contributed by atoms with van der Waals surface area (Å²) < 4.78 is 5.66. The van der Waals surface area contributed by atoms with Crippen LogP contribution in [0.25, 0.3) is 11.3 Å². The van der Waals surface area contributed by atoms with E-state index in [4.69, 9.17) is 4.74 Å². The van der Waals surface area contributed by atoms with Crippen molar-refractivity contribution < 1.29 is 9.53 Å². The number of pyridine rings is 1. The van der Waals surface area contributed by atoms with E-state index in [-0.39, 0.29) is 5.56 Å². The number of aromatic amines is 1. The molecule has 5 nitrogen and oxygen atoms in total. The Morgan fingerprint density at radius 1 is 1.00 bits per heavy atom. The zero-order chi connectivity index (χ0) is 19.2. The van der Waals surface area contributed by atoms with Crippen molar-refractivity contribution in [2.45, 2.75) is 13.8 Å². The van der Waals surface area contributed by atoms with Gasteiger partial charge in [-0.05, 0) is 54.8 Å². The first-order chi connectivity index (χ1) is 13.0. The second kappa shape index (κ2) is 8.36. The van der Waals surface area contributed by atoms with Gasteiger partial charge in [0.15, 0.2) is 0 Å². The third kappa shape index (κ3) is 4.85. The number of nitrogens with one attached hydrogen (secondary N) is 2. The van der Waals surface area contributed by atoms with Gasteiger partial charge in [0, 0.05) is 5.69 Å². The lowest BCUT2D eigenvalue weighted by atomic mass is 10.1. The highest BCUT2D eigenvalue weighted by atomic mass is 16.5. The molecule has 0 saturated carbocycles. The van der Waals surface area contributed by atoms with Crippen LogP contribution in [0, 0.1) is 13.8 Å². The molecule has 1 amide bonds. The van der Waals surface area contributed by atoms with Crippen LogP contribution in [0.5, 0.6) is 5.75 Å². The van der Waals surface area contributed by atoms with Crippen LogP contribution in [0.2, 0.25) is 0 Å². The molecule has 3 aromatic rings. The maximum Gasteiger partial charge on any atom is 0.261 e. The molecule has 0 aliphatic heterocycles. The van der Waals surface area contributed by atoms with Crippen molar-refractivity contribution in [3.63, 3.8) is 0 Å². The predicted molar refractivity (Wildman–Crippen MR) is 106 cm³/mol. The Hall–Kier alpha value is -3.34. The summed E-state index contributed by atoms with van der Waals surface area (Å²) in [5.74, 6) is 0.353. The van der Waals surface area contributed by atoms with Gasteiger partial charge in [0.05, 0.1) is 6.54 Å². The Labute approximate surface area is 158 Å². The van der Waals surface area contributed by atoms with Crippen LogP contribution in [0.15, 0.2) is 65.5 Å². The van der Waals surface area contributed by atoms with E-state index in [1.54, 1.807) is 12.1 Å². The second-order valence-corrected chi connectivity index (χ2v) is 6.41. The number of hydrogen-bond donors (Lipinski definition) is 2. The van der Waals surface area contributed by atoms with Gasteiger partial charge in [0.1, 0.15) is 17.9 Å². The normalized spacial score (nSPS) is 10.4. The summed E-state index contributed by atoms with van der Waals surface area (Å²) in [5, 5.41) is 2.71. The highest BCUT2D eigenvalue weighted by Gasteiger charge is 2.11. The summed E-state index contributed by atoms with van der Waals surface area (Å²) in [4.78, 5) is 27.2. The number of carbonyl (C=O) groups excluding carboxylic acids is 1. The Morgan fingerprint density at radius 3 is 2.37 bits per heavy atom. The van der Waals surface area contributed by atoms with Gasteiger partial charge in [-0.1, -0.05) is 36.4 Å². The summed E-state index contributed by atoms with van der Waals surface area (Å²) >= 11 is 0. The Morgan fingerprint density at radius 2 is 1.70 bits per heavy atom. The number of H-pyrrole nitrogens is 1. The Balaban J connectivity index is 1.57. The lowest BCUT2D eigenvalue weighted by Gasteiger charge is -2.09. The molecule has 2 N–H and O–H groups in total. The topological polar surface area (TPSA) is 71.2 Å². The molecule has 0 unspecified atom stereocenters. The molecule has 5 heteroatoms. The van der Waals surface area contributed by atoms with E-state index < -0.39 is 11.5 Å². The van der Waals surface area contributed by atoms with Crippen molar-refractivity contribution in [1.82, 2.24) is 10.3 Å². The minimum Gasteiger partial charge on any atom is -0.492 e. The molecule has 0 spiro atoms. The number of carbonyl (C=O) groups is 1. The van der Waals surface area contributed by atoms with E-state index in [2.05, 4.69) is 16.4 Å². The van der Waals surface area contributed by atoms with Gasteiger partial charge < -0.3 is 15.0 Å². The van der Waals surface area contributed by atoms with Crippen LogP contribution in [0.1, 0.15) is 21.5 Å². The number of ether oxygens (including phenoxy) is 1. The number of hydrogen-bond acceptors (Lipinski definition) is 3. The average molecular weight is 362 g/mol. The molecule has 27 heavy (non-hydrogen) atoms. The van der Waals surface area contributed by atoms with Crippen LogP contribution >= 0.6 is 0 Å². The van der Waals surface area contributed by atoms with Crippen molar-refractivity contribution in [2.75, 3.05) is 13.2 Å². The van der Waals surface area contributed by atoms with E-state index in [0.717, 1.165) is 22.4 Å². The molecule has 3 rings (SSSR count). The lowest BCUT2D eigenvalue weighted by molar-refractivity contribution is 0.0945. The van der Waals surface area contributed by atoms with Gasteiger partial charge in [-0.3, -0.25) is 9.59 Å². The van der Waals surface area contributed by atoms with E-state index in [1.165, 1.54) is 0 Å². The van der Waals surface area contributed by atoms with Crippen LogP contribution in [-0.4, -0.2) is 24.0 Å². The molecule has 1 heterocycles. The van der Waals surface area contributed by atoms with Gasteiger partial charge in [-0.25, -0.2) is 0 Å². The van der Waals surface area contributed by atoms with Gasteiger partial charge in [-0.15, -0.1) is 0 Å². The maximum absolute atomic E-state index is 12.2. The maximum atomic E-state index is 12.2. The fraction of sp³-hybridized carbons (Fsp3) is 0.182. The summed E-state index contributed by atoms with van der Waals surface area (Å²) in [6.07, 6.45) is 0. The molecule has 0 aliphatic carbocycles. The molecule has 138 valence electrons. The zero-order valence-electron chi connectivity index (χ0n) is 15.4. The lowest BCUT2D eigenvalue weighted by Crippen LogP contribution is -2.32. The van der Waals surface area contributed by atoms with Crippen molar-refractivity contribution >= 4 is 5.91 Å². The highest BCUT2D eigenvalue weighted by Crippen LogP contribution is 2.16. The van der Waals surface area contributed by atoms with Gasteiger partial charge in [0.2, 0.25) is 0 Å².